The molecule has 4 N–H and O–H groups in total. The average Bonchev–Trinajstić information content (AvgIpc) is 3.29. The van der Waals surface area contributed by atoms with Crippen molar-refractivity contribution < 1.29 is 24.3 Å². The number of nitrogens with one attached hydrogen (secondary N) is 1. The molecule has 0 bridgehead atoms. The molecule has 0 saturated carbocycles. The zero-order valence-electron chi connectivity index (χ0n) is 18.6. The predicted molar refractivity (Wildman–Crippen MR) is 153 cm³/mol. The van der Waals surface area contributed by atoms with Gasteiger partial charge < -0.3 is 21.0 Å². The Morgan fingerprint density at radius 1 is 1.38 bits per heavy atom. The summed E-state index contributed by atoms with van der Waals surface area (Å²) in [5.41, 5.74) is 5.47. The van der Waals surface area contributed by atoms with Crippen molar-refractivity contribution in [1.29, 1.82) is 0 Å². The van der Waals surface area contributed by atoms with Gasteiger partial charge in [-0.05, 0) is 41.6 Å². The number of thiazole rings is 1. The molecule has 1 aromatic carbocycles. The molecular formula is C21H16Cl2IN5O5S3. The van der Waals surface area contributed by atoms with E-state index in [4.69, 9.17) is 33.8 Å². The molecule has 10 nitrogen and oxygen atoms in total. The van der Waals surface area contributed by atoms with E-state index in [0.29, 0.717) is 10.7 Å². The quantitative estimate of drug-likeness (QED) is 0.121. The minimum Gasteiger partial charge on any atom is -0.477 e. The third kappa shape index (κ3) is 6.04. The summed E-state index contributed by atoms with van der Waals surface area (Å²) in [5.74, 6) is -2.14. The van der Waals surface area contributed by atoms with E-state index in [1.807, 2.05) is 24.3 Å². The van der Waals surface area contributed by atoms with Crippen LogP contribution < -0.4 is 11.1 Å². The second kappa shape index (κ2) is 11.8. The van der Waals surface area contributed by atoms with Gasteiger partial charge in [-0.2, -0.15) is 0 Å². The first-order valence-electron chi connectivity index (χ1n) is 10.2. The molecule has 3 heterocycles. The van der Waals surface area contributed by atoms with E-state index in [9.17, 15) is 19.5 Å². The van der Waals surface area contributed by atoms with Crippen LogP contribution in [0.15, 0.2) is 60.5 Å². The van der Waals surface area contributed by atoms with Crippen molar-refractivity contribution in [2.45, 2.75) is 23.2 Å². The summed E-state index contributed by atoms with van der Waals surface area (Å²) in [6, 6.07) is 6.58. The summed E-state index contributed by atoms with van der Waals surface area (Å²) in [7, 11) is 0. The SMILES string of the molecule is CC(O/N=C(\C(=O)N[C@@H]1C(=O)N2C(C(=O)O)=C(Sc3ccccc3I)CS[C@H]12)c1csc(N)n1)=C(Cl)Cl. The van der Waals surface area contributed by atoms with Crippen LogP contribution >= 0.6 is 80.7 Å². The van der Waals surface area contributed by atoms with Gasteiger partial charge in [0, 0.05) is 24.5 Å². The van der Waals surface area contributed by atoms with Gasteiger partial charge in [-0.1, -0.05) is 52.3 Å². The topological polar surface area (TPSA) is 147 Å². The molecule has 2 atom stereocenters. The fraction of sp³-hybridized carbons (Fsp3) is 0.190. The van der Waals surface area contributed by atoms with Crippen molar-refractivity contribution >= 4 is 109 Å². The number of β-lactam (4-membered cyclic amide) rings is 1. The highest BCUT2D eigenvalue weighted by atomic mass is 127. The van der Waals surface area contributed by atoms with Crippen LogP contribution in [0.3, 0.4) is 0 Å². The molecule has 2 aromatic rings. The van der Waals surface area contributed by atoms with Crippen molar-refractivity contribution in [3.8, 4) is 0 Å². The molecule has 4 rings (SSSR count). The van der Waals surface area contributed by atoms with Crippen LogP contribution in [0.1, 0.15) is 12.6 Å². The molecule has 2 aliphatic rings. The lowest BCUT2D eigenvalue weighted by Gasteiger charge is -2.49. The van der Waals surface area contributed by atoms with Gasteiger partial charge in [0.2, 0.25) is 0 Å². The van der Waals surface area contributed by atoms with Crippen LogP contribution in [-0.4, -0.2) is 55.7 Å². The van der Waals surface area contributed by atoms with E-state index < -0.39 is 29.2 Å². The van der Waals surface area contributed by atoms with Gasteiger partial charge in [0.1, 0.15) is 27.3 Å². The first-order valence-corrected chi connectivity index (χ1v) is 14.8. The lowest BCUT2D eigenvalue weighted by Crippen LogP contribution is -2.71. The number of aliphatic carboxylic acids is 1. The molecule has 1 fully saturated rings. The number of rotatable bonds is 8. The number of anilines is 1. The minimum atomic E-state index is -1.22. The van der Waals surface area contributed by atoms with Gasteiger partial charge in [-0.3, -0.25) is 14.5 Å². The number of benzene rings is 1. The number of amides is 2. The molecule has 0 radical (unpaired) electrons. The Morgan fingerprint density at radius 2 is 2.11 bits per heavy atom. The van der Waals surface area contributed by atoms with Gasteiger partial charge >= 0.3 is 5.97 Å². The number of carboxylic acids is 1. The molecule has 0 aliphatic carbocycles. The summed E-state index contributed by atoms with van der Waals surface area (Å²) in [6.07, 6.45) is 0. The van der Waals surface area contributed by atoms with Gasteiger partial charge in [0.05, 0.1) is 0 Å². The maximum absolute atomic E-state index is 13.1. The second-order valence-corrected chi connectivity index (χ2v) is 12.6. The lowest BCUT2D eigenvalue weighted by atomic mass is 10.0. The van der Waals surface area contributed by atoms with Crippen LogP contribution in [0.25, 0.3) is 0 Å². The Balaban J connectivity index is 1.56. The number of nitrogen functional groups attached to an aromatic ring is 1. The maximum Gasteiger partial charge on any atom is 0.353 e. The average molecular weight is 712 g/mol. The van der Waals surface area contributed by atoms with E-state index in [2.05, 4.69) is 38.0 Å². The summed E-state index contributed by atoms with van der Waals surface area (Å²) < 4.78 is 0.781. The zero-order valence-corrected chi connectivity index (χ0v) is 24.7. The fourth-order valence-electron chi connectivity index (χ4n) is 3.29. The molecule has 2 aliphatic heterocycles. The lowest BCUT2D eigenvalue weighted by molar-refractivity contribution is -0.150. The summed E-state index contributed by atoms with van der Waals surface area (Å²) in [5, 5.41) is 17.4. The number of carboxylic acid groups (broad SMARTS) is 1. The van der Waals surface area contributed by atoms with Crippen molar-refractivity contribution in [2.24, 2.45) is 5.16 Å². The van der Waals surface area contributed by atoms with E-state index in [0.717, 1.165) is 19.8 Å². The van der Waals surface area contributed by atoms with Crippen LogP contribution in [-0.2, 0) is 19.2 Å². The van der Waals surface area contributed by atoms with Gasteiger partial charge in [-0.15, -0.1) is 23.1 Å². The third-order valence-electron chi connectivity index (χ3n) is 5.01. The van der Waals surface area contributed by atoms with Crippen molar-refractivity contribution in [3.05, 3.63) is 59.8 Å². The van der Waals surface area contributed by atoms with E-state index >= 15 is 0 Å². The smallest absolute Gasteiger partial charge is 0.353 e. The molecule has 1 saturated heterocycles. The van der Waals surface area contributed by atoms with E-state index in [1.165, 1.54) is 40.7 Å². The molecule has 16 heteroatoms. The van der Waals surface area contributed by atoms with E-state index in [1.54, 1.807) is 0 Å². The van der Waals surface area contributed by atoms with Crippen molar-refractivity contribution in [2.75, 3.05) is 11.5 Å². The number of fused-ring (bicyclic) bond motifs is 1. The monoisotopic (exact) mass is 711 g/mol. The molecule has 2 amide bonds. The van der Waals surface area contributed by atoms with Gasteiger partial charge in [0.25, 0.3) is 11.8 Å². The standard InChI is InChI=1S/C21H16Cl2IN5O5S3/c1-8(16(22)23)34-28-13(10-6-36-21(25)26-10)17(30)27-14-18(31)29-15(20(32)33)12(7-35-19(14)29)37-11-5-3-2-4-9(11)24/h2-6,14,19H,7H2,1H3,(H2,25,26)(H,27,30)(H,32,33)/b28-13-/t14-,19-/m1/s1. The maximum atomic E-state index is 13.1. The third-order valence-corrected chi connectivity index (χ3v) is 10.1. The van der Waals surface area contributed by atoms with Crippen molar-refractivity contribution in [3.63, 3.8) is 0 Å². The molecule has 1 aromatic heterocycles. The van der Waals surface area contributed by atoms with Gasteiger partial charge in [-0.25, -0.2) is 9.78 Å². The number of allylic oxidation sites excluding steroid dienone is 1. The number of halogens is 3. The molecule has 0 unspecified atom stereocenters. The van der Waals surface area contributed by atoms with Gasteiger partial charge in [0.15, 0.2) is 16.6 Å². The van der Waals surface area contributed by atoms with Crippen LogP contribution in [0.5, 0.6) is 0 Å². The number of aromatic nitrogens is 1. The largest absolute Gasteiger partial charge is 0.477 e. The molecular weight excluding hydrogens is 696 g/mol. The number of hydrogen-bond acceptors (Lipinski definition) is 10. The fourth-order valence-corrected chi connectivity index (χ4v) is 7.12. The summed E-state index contributed by atoms with van der Waals surface area (Å²) >= 11 is 17.3. The Hall–Kier alpha value is -1.98. The van der Waals surface area contributed by atoms with E-state index in [-0.39, 0.29) is 32.5 Å². The number of carbonyl (C=O) groups excluding carboxylic acids is 2. The minimum absolute atomic E-state index is 0.0416. The van der Waals surface area contributed by atoms with Crippen LogP contribution in [0.2, 0.25) is 0 Å². The Kier molecular flexibility index (Phi) is 8.96. The molecule has 37 heavy (non-hydrogen) atoms. The highest BCUT2D eigenvalue weighted by molar-refractivity contribution is 14.1. The van der Waals surface area contributed by atoms with Crippen molar-refractivity contribution in [1.82, 2.24) is 15.2 Å². The number of thioether (sulfide) groups is 2. The first kappa shape index (κ1) is 28.0. The summed E-state index contributed by atoms with van der Waals surface area (Å²) in [6.45, 7) is 1.45. The van der Waals surface area contributed by atoms with Crippen LogP contribution in [0.4, 0.5) is 5.13 Å². The Labute approximate surface area is 246 Å². The number of nitrogens with zero attached hydrogens (tertiary/aromatic N) is 3. The molecule has 0 spiro atoms. The number of carbonyl (C=O) groups is 3. The Morgan fingerprint density at radius 3 is 2.73 bits per heavy atom. The number of oxime groups is 1. The number of hydrogen-bond donors (Lipinski definition) is 3. The molecule has 194 valence electrons. The number of nitrogens with two attached hydrogens (primary N) is 1. The second-order valence-electron chi connectivity index (χ2n) is 7.39. The first-order chi connectivity index (χ1) is 17.6. The predicted octanol–water partition coefficient (Wildman–Crippen LogP) is 4.21. The normalized spacial score (nSPS) is 19.2. The zero-order chi connectivity index (χ0) is 26.9. The summed E-state index contributed by atoms with van der Waals surface area (Å²) in [4.78, 5) is 50.2. The van der Waals surface area contributed by atoms with Crippen LogP contribution in [0, 0.1) is 3.57 Å². The highest BCUT2D eigenvalue weighted by Gasteiger charge is 2.54. The Bertz CT molecular complexity index is 1380. The highest BCUT2D eigenvalue weighted by Crippen LogP contribution is 2.45.